The van der Waals surface area contributed by atoms with Crippen molar-refractivity contribution in [2.45, 2.75) is 92.3 Å². The van der Waals surface area contributed by atoms with Crippen molar-refractivity contribution in [1.82, 2.24) is 9.62 Å². The zero-order valence-electron chi connectivity index (χ0n) is 19.3. The van der Waals surface area contributed by atoms with Crippen LogP contribution in [0.1, 0.15) is 63.4 Å². The second kappa shape index (κ2) is 8.67. The molecular weight excluding hydrogens is 442 g/mol. The molecule has 174 valence electrons. The summed E-state index contributed by atoms with van der Waals surface area (Å²) in [6, 6.07) is 24.3. The standard InChI is InChI=1S/C28H35N3S2/c29-21-11-13-22(14-12-21)30-26(32)28-17-23-15-27(19-28,20-7-3-1-4-8-20)16-24(18-28)31(23)33-25-9-5-2-6-10-25/h1-10,21-24H,11-19,29H2,(H,30,32)/t21-,22-,23?,24?,27?,28?. The zero-order valence-corrected chi connectivity index (χ0v) is 20.9. The Labute approximate surface area is 208 Å². The molecule has 5 heteroatoms. The van der Waals surface area contributed by atoms with Gasteiger partial charge in [0.2, 0.25) is 0 Å². The average Bonchev–Trinajstić information content (AvgIpc) is 2.84. The van der Waals surface area contributed by atoms with E-state index < -0.39 is 0 Å². The van der Waals surface area contributed by atoms with Crippen molar-refractivity contribution in [2.24, 2.45) is 11.1 Å². The largest absolute Gasteiger partial charge is 0.376 e. The van der Waals surface area contributed by atoms with Crippen molar-refractivity contribution < 1.29 is 0 Å². The highest BCUT2D eigenvalue weighted by molar-refractivity contribution is 7.97. The minimum absolute atomic E-state index is 0.129. The van der Waals surface area contributed by atoms with E-state index in [9.17, 15) is 0 Å². The Bertz CT molecular complexity index is 971. The van der Waals surface area contributed by atoms with Crippen molar-refractivity contribution >= 4 is 29.2 Å². The highest BCUT2D eigenvalue weighted by Gasteiger charge is 2.62. The van der Waals surface area contributed by atoms with Crippen molar-refractivity contribution in [1.29, 1.82) is 0 Å². The molecule has 0 radical (unpaired) electrons. The summed E-state index contributed by atoms with van der Waals surface area (Å²) in [5, 5.41) is 3.88. The lowest BCUT2D eigenvalue weighted by Gasteiger charge is -2.66. The van der Waals surface area contributed by atoms with Crippen molar-refractivity contribution in [3.05, 3.63) is 66.2 Å². The van der Waals surface area contributed by atoms with Crippen LogP contribution in [0.4, 0.5) is 0 Å². The molecule has 7 rings (SSSR count). The van der Waals surface area contributed by atoms with Crippen LogP contribution >= 0.6 is 24.2 Å². The lowest BCUT2D eigenvalue weighted by atomic mass is 9.48. The third-order valence-electron chi connectivity index (χ3n) is 8.83. The van der Waals surface area contributed by atoms with E-state index in [0.717, 1.165) is 30.7 Å². The number of rotatable bonds is 5. The van der Waals surface area contributed by atoms with Gasteiger partial charge in [-0.2, -0.15) is 0 Å². The first-order chi connectivity index (χ1) is 16.1. The van der Waals surface area contributed by atoms with Gasteiger partial charge >= 0.3 is 0 Å². The summed E-state index contributed by atoms with van der Waals surface area (Å²) in [5.74, 6) is 0. The molecular formula is C28H35N3S2. The van der Waals surface area contributed by atoms with Crippen LogP contribution in [0.15, 0.2) is 65.6 Å². The van der Waals surface area contributed by atoms with Gasteiger partial charge in [0.15, 0.2) is 0 Å². The van der Waals surface area contributed by atoms with Crippen LogP contribution in [0.2, 0.25) is 0 Å². The fourth-order valence-electron chi connectivity index (χ4n) is 7.46. The molecule has 3 aliphatic carbocycles. The third kappa shape index (κ3) is 4.05. The Kier molecular flexibility index (Phi) is 5.81. The van der Waals surface area contributed by atoms with Crippen LogP contribution in [-0.4, -0.2) is 33.5 Å². The maximum atomic E-state index is 6.26. The normalized spacial score (nSPS) is 37.7. The molecule has 4 bridgehead atoms. The van der Waals surface area contributed by atoms with E-state index in [1.807, 2.05) is 11.9 Å². The number of hydrogen-bond acceptors (Lipinski definition) is 4. The van der Waals surface area contributed by atoms with Crippen LogP contribution in [-0.2, 0) is 5.41 Å². The molecule has 2 atom stereocenters. The van der Waals surface area contributed by atoms with Gasteiger partial charge in [-0.25, -0.2) is 4.31 Å². The molecule has 5 fully saturated rings. The summed E-state index contributed by atoms with van der Waals surface area (Å²) in [5.41, 5.74) is 8.07. The number of nitrogens with zero attached hydrogens (tertiary/aromatic N) is 1. The van der Waals surface area contributed by atoms with E-state index in [1.54, 1.807) is 0 Å². The Morgan fingerprint density at radius 3 is 2.12 bits per heavy atom. The molecule has 2 heterocycles. The monoisotopic (exact) mass is 477 g/mol. The number of benzene rings is 2. The van der Waals surface area contributed by atoms with Gasteiger partial charge < -0.3 is 11.1 Å². The molecule has 3 saturated carbocycles. The van der Waals surface area contributed by atoms with Gasteiger partial charge in [0.25, 0.3) is 0 Å². The molecule has 33 heavy (non-hydrogen) atoms. The summed E-state index contributed by atoms with van der Waals surface area (Å²) in [6.45, 7) is 0. The molecule has 0 spiro atoms. The molecule has 2 aromatic carbocycles. The van der Waals surface area contributed by atoms with Crippen molar-refractivity contribution in [3.8, 4) is 0 Å². The number of nitrogens with two attached hydrogens (primary N) is 1. The first-order valence-electron chi connectivity index (χ1n) is 12.7. The zero-order chi connectivity index (χ0) is 22.5. The van der Waals surface area contributed by atoms with E-state index in [2.05, 4.69) is 70.3 Å². The van der Waals surface area contributed by atoms with Crippen LogP contribution in [0, 0.1) is 5.41 Å². The fraction of sp³-hybridized carbons (Fsp3) is 0.536. The fourth-order valence-corrected chi connectivity index (χ4v) is 8.98. The summed E-state index contributed by atoms with van der Waals surface area (Å²) in [6.07, 6.45) is 10.6. The molecule has 3 N–H and O–H groups in total. The van der Waals surface area contributed by atoms with Gasteiger partial charge in [-0.3, -0.25) is 0 Å². The molecule has 2 aliphatic heterocycles. The Morgan fingerprint density at radius 2 is 1.48 bits per heavy atom. The molecule has 2 saturated heterocycles. The van der Waals surface area contributed by atoms with Gasteiger partial charge in [-0.1, -0.05) is 60.7 Å². The third-order valence-corrected chi connectivity index (χ3v) is 10.7. The summed E-state index contributed by atoms with van der Waals surface area (Å²) in [7, 11) is 0. The van der Waals surface area contributed by atoms with Crippen molar-refractivity contribution in [3.63, 3.8) is 0 Å². The van der Waals surface area contributed by atoms with Gasteiger partial charge in [0.1, 0.15) is 0 Å². The second-order valence-corrected chi connectivity index (χ2v) is 12.6. The molecule has 0 amide bonds. The molecule has 5 aliphatic rings. The SMILES string of the molecule is N[C@H]1CC[C@H](NC(=S)C23CC4CC(c5ccccc5)(CC(C2)N4Sc2ccccc2)C3)CC1. The summed E-state index contributed by atoms with van der Waals surface area (Å²) in [4.78, 5) is 2.51. The smallest absolute Gasteiger partial charge is 0.0819 e. The Hall–Kier alpha value is -1.40. The summed E-state index contributed by atoms with van der Waals surface area (Å²) >= 11 is 8.23. The van der Waals surface area contributed by atoms with E-state index >= 15 is 0 Å². The number of piperidine rings is 2. The average molecular weight is 478 g/mol. The Balaban J connectivity index is 1.29. The number of thiocarbonyl (C=S) groups is 1. The molecule has 3 nitrogen and oxygen atoms in total. The maximum absolute atomic E-state index is 6.26. The van der Waals surface area contributed by atoms with E-state index in [0.29, 0.717) is 24.2 Å². The minimum atomic E-state index is 0.129. The van der Waals surface area contributed by atoms with Gasteiger partial charge in [-0.15, -0.1) is 0 Å². The van der Waals surface area contributed by atoms with E-state index in [1.165, 1.54) is 42.6 Å². The summed E-state index contributed by atoms with van der Waals surface area (Å²) < 4.78 is 2.75. The number of hydrogen-bond donors (Lipinski definition) is 2. The highest BCUT2D eigenvalue weighted by Crippen LogP contribution is 2.64. The lowest BCUT2D eigenvalue weighted by Crippen LogP contribution is -2.67. The predicted molar refractivity (Wildman–Crippen MR) is 141 cm³/mol. The predicted octanol–water partition coefficient (Wildman–Crippen LogP) is 5.84. The Morgan fingerprint density at radius 1 is 0.879 bits per heavy atom. The first kappa shape index (κ1) is 22.1. The molecule has 2 unspecified atom stereocenters. The van der Waals surface area contributed by atoms with Crippen LogP contribution < -0.4 is 11.1 Å². The quantitative estimate of drug-likeness (QED) is 0.418. The van der Waals surface area contributed by atoms with E-state index in [4.69, 9.17) is 18.0 Å². The van der Waals surface area contributed by atoms with Gasteiger partial charge in [-0.05, 0) is 92.8 Å². The molecule has 0 aromatic heterocycles. The first-order valence-corrected chi connectivity index (χ1v) is 13.9. The molecule has 2 aromatic rings. The van der Waals surface area contributed by atoms with Crippen molar-refractivity contribution in [2.75, 3.05) is 0 Å². The lowest BCUT2D eigenvalue weighted by molar-refractivity contribution is -0.0492. The van der Waals surface area contributed by atoms with Gasteiger partial charge in [0.05, 0.1) is 4.99 Å². The highest BCUT2D eigenvalue weighted by atomic mass is 32.2. The topological polar surface area (TPSA) is 41.3 Å². The van der Waals surface area contributed by atoms with Crippen LogP contribution in [0.25, 0.3) is 0 Å². The second-order valence-electron chi connectivity index (χ2n) is 11.1. The minimum Gasteiger partial charge on any atom is -0.376 e. The van der Waals surface area contributed by atoms with E-state index in [-0.39, 0.29) is 10.8 Å². The van der Waals surface area contributed by atoms with Crippen LogP contribution in [0.3, 0.4) is 0 Å². The maximum Gasteiger partial charge on any atom is 0.0819 e. The van der Waals surface area contributed by atoms with Crippen LogP contribution in [0.5, 0.6) is 0 Å². The van der Waals surface area contributed by atoms with Gasteiger partial charge in [0, 0.05) is 34.5 Å². The number of nitrogens with one attached hydrogen (secondary N) is 1.